The molecule has 5 fully saturated rings. The number of hydrogen-bond acceptors (Lipinski definition) is 7. The summed E-state index contributed by atoms with van der Waals surface area (Å²) < 4.78 is 50.7. The fraction of sp³-hybridized carbons (Fsp3) is 0.667. The number of carbonyl (C=O) groups excluding carboxylic acids is 1. The summed E-state index contributed by atoms with van der Waals surface area (Å²) in [4.78, 5) is 37.9. The van der Waals surface area contributed by atoms with Gasteiger partial charge >= 0.3 is 12.1 Å². The molecule has 5 aliphatic rings. The second kappa shape index (κ2) is 10.9. The van der Waals surface area contributed by atoms with Crippen LogP contribution in [-0.2, 0) is 4.74 Å². The van der Waals surface area contributed by atoms with Crippen LogP contribution in [0.4, 0.5) is 23.7 Å². The maximum atomic E-state index is 15.4. The summed E-state index contributed by atoms with van der Waals surface area (Å²) in [7, 11) is 0. The Balaban J connectivity index is 0.000000187. The lowest BCUT2D eigenvalue weighted by molar-refractivity contribution is 0.0333. The van der Waals surface area contributed by atoms with E-state index in [0.717, 1.165) is 18.5 Å². The Kier molecular flexibility index (Phi) is 7.70. The molecule has 0 radical (unpaired) electrons. The summed E-state index contributed by atoms with van der Waals surface area (Å²) in [5, 5.41) is 15.4. The summed E-state index contributed by atoms with van der Waals surface area (Å²) in [5.41, 5.74) is 2.43. The molecule has 10 nitrogen and oxygen atoms in total. The molecule has 2 aliphatic heterocycles. The zero-order valence-electron chi connectivity index (χ0n) is 26.9. The van der Waals surface area contributed by atoms with Crippen LogP contribution >= 0.6 is 0 Å². The second-order valence-corrected chi connectivity index (χ2v) is 15.0. The van der Waals surface area contributed by atoms with Crippen LogP contribution in [0.3, 0.4) is 0 Å². The van der Waals surface area contributed by atoms with Crippen molar-refractivity contribution in [2.24, 2.45) is 5.73 Å². The first-order valence-electron chi connectivity index (χ1n) is 16.1. The van der Waals surface area contributed by atoms with Gasteiger partial charge in [0.15, 0.2) is 0 Å². The van der Waals surface area contributed by atoms with Crippen molar-refractivity contribution >= 4 is 28.7 Å². The molecular formula is C33H44F3N5O5. The number of aromatic carboxylic acids is 1. The second-order valence-electron chi connectivity index (χ2n) is 15.0. The number of benzene rings is 1. The number of nitrogens with zero attached hydrogens (tertiary/aromatic N) is 2. The highest BCUT2D eigenvalue weighted by molar-refractivity contribution is 5.95. The van der Waals surface area contributed by atoms with Crippen LogP contribution in [0.25, 0.3) is 10.9 Å². The van der Waals surface area contributed by atoms with E-state index in [4.69, 9.17) is 10.5 Å². The van der Waals surface area contributed by atoms with Gasteiger partial charge in [0, 0.05) is 43.3 Å². The Morgan fingerprint density at radius 3 is 2.39 bits per heavy atom. The predicted molar refractivity (Wildman–Crippen MR) is 168 cm³/mol. The molecule has 3 heterocycles. The molecule has 5 N–H and O–H groups in total. The lowest BCUT2D eigenvalue weighted by Gasteiger charge is -2.34. The highest BCUT2D eigenvalue weighted by Crippen LogP contribution is 2.49. The van der Waals surface area contributed by atoms with Gasteiger partial charge in [0.25, 0.3) is 0 Å². The van der Waals surface area contributed by atoms with E-state index in [0.29, 0.717) is 56.4 Å². The van der Waals surface area contributed by atoms with Crippen LogP contribution in [0.15, 0.2) is 23.1 Å². The Morgan fingerprint density at radius 1 is 1.09 bits per heavy atom. The average Bonchev–Trinajstić information content (AvgIpc) is 3.14. The average molecular weight is 648 g/mol. The smallest absolute Gasteiger partial charge is 0.408 e. The van der Waals surface area contributed by atoms with E-state index in [9.17, 15) is 28.3 Å². The molecule has 3 saturated carbocycles. The van der Waals surface area contributed by atoms with Crippen molar-refractivity contribution < 1.29 is 32.6 Å². The van der Waals surface area contributed by atoms with Gasteiger partial charge in [-0.05, 0) is 83.9 Å². The number of nitrogens with one attached hydrogen (secondary N) is 2. The molecule has 1 aromatic carbocycles. The standard InChI is InChI=1S/C21H23F2N3O3.C12H21FN2O2/c1-11-15(25-9-20(23)5-2-6-21(20,24)10-25)4-3-12-17(11)26(16-7-14(16)22)8-13(18(12)27)19(28)29;1-10(2,3)17-9(16)15-12-6-4-5-11(12,13)7-14-8-12/h3-4,8,14,16H,2,5-7,9-10,24H2,1H3,(H,28,29);14H,4-8H2,1-3H3,(H,15,16)/t14-,16+,20-,21+;11-,12+/m00/s1. The summed E-state index contributed by atoms with van der Waals surface area (Å²) in [5.74, 6) is -1.33. The number of amides is 1. The van der Waals surface area contributed by atoms with Gasteiger partial charge in [-0.25, -0.2) is 22.8 Å². The maximum absolute atomic E-state index is 15.4. The Hall–Kier alpha value is -3.32. The molecule has 0 spiro atoms. The molecule has 0 bridgehead atoms. The zero-order valence-corrected chi connectivity index (χ0v) is 26.9. The quantitative estimate of drug-likeness (QED) is 0.382. The van der Waals surface area contributed by atoms with Crippen molar-refractivity contribution in [2.45, 2.75) is 113 Å². The molecule has 2 aromatic rings. The van der Waals surface area contributed by atoms with Crippen LogP contribution in [0, 0.1) is 6.92 Å². The first-order valence-corrected chi connectivity index (χ1v) is 16.1. The molecule has 252 valence electrons. The van der Waals surface area contributed by atoms with E-state index in [1.54, 1.807) is 37.5 Å². The molecule has 6 atom stereocenters. The predicted octanol–water partition coefficient (Wildman–Crippen LogP) is 4.45. The van der Waals surface area contributed by atoms with Crippen molar-refractivity contribution in [2.75, 3.05) is 31.1 Å². The number of carboxylic acid groups (broad SMARTS) is 1. The third-order valence-corrected chi connectivity index (χ3v) is 10.6. The SMILES string of the molecule is CC(C)(C)OC(=O)N[C@@]12CCC[C@]1(F)CNC2.Cc1c(N2C[C@]3(N)CCC[C@]3(F)C2)ccc2c(=O)c(C(=O)O)cn([C@@H]3C[C@@H]3F)c12. The number of halogens is 3. The number of rotatable bonds is 4. The summed E-state index contributed by atoms with van der Waals surface area (Å²) in [6.45, 7) is 8.58. The number of hydrogen-bond donors (Lipinski definition) is 4. The van der Waals surface area contributed by atoms with E-state index in [2.05, 4.69) is 10.6 Å². The first-order chi connectivity index (χ1) is 21.4. The third kappa shape index (κ3) is 5.32. The lowest BCUT2D eigenvalue weighted by atomic mass is 9.88. The molecule has 1 amide bonds. The van der Waals surface area contributed by atoms with Crippen LogP contribution in [0.1, 0.15) is 87.7 Å². The minimum Gasteiger partial charge on any atom is -0.477 e. The van der Waals surface area contributed by atoms with E-state index >= 15 is 4.39 Å². The van der Waals surface area contributed by atoms with Gasteiger partial charge in [0.2, 0.25) is 5.43 Å². The van der Waals surface area contributed by atoms with Gasteiger partial charge < -0.3 is 35.7 Å². The number of nitrogens with two attached hydrogens (primary N) is 1. The number of alkyl halides is 3. The van der Waals surface area contributed by atoms with Crippen LogP contribution < -0.4 is 26.7 Å². The van der Waals surface area contributed by atoms with E-state index < -0.39 is 57.7 Å². The number of pyridine rings is 1. The van der Waals surface area contributed by atoms with Crippen molar-refractivity contribution in [3.8, 4) is 0 Å². The molecule has 0 unspecified atom stereocenters. The third-order valence-electron chi connectivity index (χ3n) is 10.6. The van der Waals surface area contributed by atoms with Crippen LogP contribution in [0.5, 0.6) is 0 Å². The molecule has 7 rings (SSSR count). The van der Waals surface area contributed by atoms with Gasteiger partial charge in [-0.3, -0.25) is 4.79 Å². The fourth-order valence-corrected chi connectivity index (χ4v) is 8.12. The molecule has 2 saturated heterocycles. The van der Waals surface area contributed by atoms with Crippen molar-refractivity contribution in [3.63, 3.8) is 0 Å². The van der Waals surface area contributed by atoms with Gasteiger partial charge in [0.05, 0.1) is 29.2 Å². The van der Waals surface area contributed by atoms with Crippen molar-refractivity contribution in [1.82, 2.24) is 15.2 Å². The minimum atomic E-state index is -1.44. The molecule has 13 heteroatoms. The number of aromatic nitrogens is 1. The largest absolute Gasteiger partial charge is 0.477 e. The number of aryl methyl sites for hydroxylation is 1. The normalized spacial score (nSPS) is 34.6. The first kappa shape index (κ1) is 32.6. The van der Waals surface area contributed by atoms with E-state index in [1.165, 1.54) is 6.20 Å². The minimum absolute atomic E-state index is 0.183. The van der Waals surface area contributed by atoms with E-state index in [1.807, 2.05) is 11.8 Å². The van der Waals surface area contributed by atoms with Gasteiger partial charge in [-0.15, -0.1) is 0 Å². The van der Waals surface area contributed by atoms with Crippen molar-refractivity contribution in [1.29, 1.82) is 0 Å². The van der Waals surface area contributed by atoms with Gasteiger partial charge in [-0.2, -0.15) is 0 Å². The fourth-order valence-electron chi connectivity index (χ4n) is 8.12. The van der Waals surface area contributed by atoms with Crippen molar-refractivity contribution in [3.05, 3.63) is 39.7 Å². The van der Waals surface area contributed by atoms with Gasteiger partial charge in [-0.1, -0.05) is 0 Å². The summed E-state index contributed by atoms with van der Waals surface area (Å²) in [6.07, 6.45) is 3.77. The van der Waals surface area contributed by atoms with E-state index in [-0.39, 0.29) is 23.9 Å². The number of alkyl carbamates (subject to hydrolysis) is 1. The van der Waals surface area contributed by atoms with Gasteiger partial charge in [0.1, 0.15) is 28.7 Å². The van der Waals surface area contributed by atoms with Crippen LogP contribution in [0.2, 0.25) is 0 Å². The Labute approximate surface area is 265 Å². The summed E-state index contributed by atoms with van der Waals surface area (Å²) in [6, 6.07) is 2.81. The number of carboxylic acids is 1. The highest BCUT2D eigenvalue weighted by Gasteiger charge is 2.61. The highest BCUT2D eigenvalue weighted by atomic mass is 19.1. The lowest BCUT2D eigenvalue weighted by Crippen LogP contribution is -2.59. The maximum Gasteiger partial charge on any atom is 0.408 e. The molecular weight excluding hydrogens is 603 g/mol. The monoisotopic (exact) mass is 647 g/mol. The van der Waals surface area contributed by atoms with Crippen LogP contribution in [-0.4, -0.2) is 82.1 Å². The Morgan fingerprint density at radius 2 is 1.76 bits per heavy atom. The Bertz CT molecular complexity index is 1610. The summed E-state index contributed by atoms with van der Waals surface area (Å²) >= 11 is 0. The number of ether oxygens (including phenoxy) is 1. The number of carbonyl (C=O) groups is 2. The molecule has 3 aliphatic carbocycles. The molecule has 46 heavy (non-hydrogen) atoms. The number of anilines is 1. The topological polar surface area (TPSA) is 139 Å². The zero-order chi connectivity index (χ0) is 33.4. The molecule has 1 aromatic heterocycles. The number of fused-ring (bicyclic) bond motifs is 3.